The third-order valence-electron chi connectivity index (χ3n) is 6.55. The van der Waals surface area contributed by atoms with E-state index in [0.29, 0.717) is 17.9 Å². The van der Waals surface area contributed by atoms with E-state index in [1.165, 1.54) is 11.3 Å². The summed E-state index contributed by atoms with van der Waals surface area (Å²) in [6.45, 7) is 4.30. The number of benzene rings is 1. The van der Waals surface area contributed by atoms with E-state index in [2.05, 4.69) is 11.9 Å². The second kappa shape index (κ2) is 12.8. The van der Waals surface area contributed by atoms with Crippen LogP contribution in [0.4, 0.5) is 0 Å². The first-order chi connectivity index (χ1) is 15.9. The molecule has 1 aromatic heterocycles. The molecule has 0 saturated heterocycles. The molecule has 2 unspecified atom stereocenters. The molecule has 2 N–H and O–H groups in total. The number of thiazole rings is 1. The van der Waals surface area contributed by atoms with E-state index in [1.807, 2.05) is 24.3 Å². The van der Waals surface area contributed by atoms with Crippen molar-refractivity contribution < 1.29 is 19.7 Å². The van der Waals surface area contributed by atoms with E-state index < -0.39 is 12.2 Å². The predicted octanol–water partition coefficient (Wildman–Crippen LogP) is 6.03. The minimum absolute atomic E-state index is 0.00910. The number of hydrogen-bond acceptors (Lipinski definition) is 6. The molecule has 0 aliphatic heterocycles. The van der Waals surface area contributed by atoms with Crippen LogP contribution in [0.25, 0.3) is 0 Å². The van der Waals surface area contributed by atoms with Crippen molar-refractivity contribution in [3.05, 3.63) is 51.5 Å². The molecule has 1 aliphatic carbocycles. The Labute approximate surface area is 206 Å². The van der Waals surface area contributed by atoms with Crippen molar-refractivity contribution in [1.29, 1.82) is 0 Å². The topological polar surface area (TPSA) is 79.7 Å². The maximum Gasteiger partial charge on any atom is 0.349 e. The number of aliphatic hydroxyl groups excluding tert-OH is 2. The van der Waals surface area contributed by atoms with E-state index in [-0.39, 0.29) is 23.2 Å². The number of halogens is 1. The molecule has 2 aromatic rings. The number of aryl methyl sites for hydroxylation is 1. The largest absolute Gasteiger partial charge is 0.462 e. The fraction of sp³-hybridized carbons (Fsp3) is 0.615. The molecule has 3 rings (SSSR count). The fourth-order valence-electron chi connectivity index (χ4n) is 4.80. The molecule has 1 fully saturated rings. The molecule has 33 heavy (non-hydrogen) atoms. The van der Waals surface area contributed by atoms with Gasteiger partial charge in [0.05, 0.1) is 30.0 Å². The second-order valence-electron chi connectivity index (χ2n) is 8.92. The number of nitrogens with zero attached hydrogens (tertiary/aromatic N) is 1. The lowest BCUT2D eigenvalue weighted by atomic mass is 9.84. The van der Waals surface area contributed by atoms with Crippen molar-refractivity contribution in [1.82, 2.24) is 4.98 Å². The number of esters is 1. The van der Waals surface area contributed by atoms with Crippen LogP contribution in [0.3, 0.4) is 0 Å². The Morgan fingerprint density at radius 2 is 2.00 bits per heavy atom. The van der Waals surface area contributed by atoms with Gasteiger partial charge in [0.2, 0.25) is 0 Å². The van der Waals surface area contributed by atoms with Gasteiger partial charge in [0.15, 0.2) is 0 Å². The number of hydrogen-bond donors (Lipinski definition) is 2. The molecule has 5 nitrogen and oxygen atoms in total. The summed E-state index contributed by atoms with van der Waals surface area (Å²) in [5.41, 5.74) is 2.02. The zero-order valence-electron chi connectivity index (χ0n) is 19.6. The van der Waals surface area contributed by atoms with E-state index in [9.17, 15) is 15.0 Å². The lowest BCUT2D eigenvalue weighted by molar-refractivity contribution is 0.0531. The van der Waals surface area contributed by atoms with Crippen molar-refractivity contribution in [2.24, 2.45) is 5.92 Å². The Morgan fingerprint density at radius 1 is 1.24 bits per heavy atom. The minimum atomic E-state index is -0.465. The molecule has 5 atom stereocenters. The van der Waals surface area contributed by atoms with Gasteiger partial charge in [-0.15, -0.1) is 22.9 Å². The molecule has 182 valence electrons. The summed E-state index contributed by atoms with van der Waals surface area (Å²) < 4.78 is 5.03. The fourth-order valence-corrected chi connectivity index (χ4v) is 6.12. The van der Waals surface area contributed by atoms with Gasteiger partial charge in [-0.1, -0.05) is 50.5 Å². The van der Waals surface area contributed by atoms with Crippen LogP contribution in [0.15, 0.2) is 30.5 Å². The number of unbranched alkanes of at least 4 members (excludes halogenated alkanes) is 2. The van der Waals surface area contributed by atoms with Gasteiger partial charge in [-0.05, 0) is 56.1 Å². The quantitative estimate of drug-likeness (QED) is 0.214. The Hall–Kier alpha value is -1.47. The zero-order chi connectivity index (χ0) is 23.8. The first kappa shape index (κ1) is 26.1. The first-order valence-corrected chi connectivity index (χ1v) is 13.4. The van der Waals surface area contributed by atoms with Crippen molar-refractivity contribution in [3.63, 3.8) is 0 Å². The highest BCUT2D eigenvalue weighted by atomic mass is 35.5. The normalized spacial score (nSPS) is 23.5. The van der Waals surface area contributed by atoms with Crippen LogP contribution >= 0.6 is 22.9 Å². The van der Waals surface area contributed by atoms with Crippen LogP contribution in [0.1, 0.15) is 96.6 Å². The van der Waals surface area contributed by atoms with E-state index >= 15 is 0 Å². The van der Waals surface area contributed by atoms with Crippen LogP contribution in [-0.4, -0.2) is 39.3 Å². The lowest BCUT2D eigenvalue weighted by Gasteiger charge is -2.24. The molecule has 1 aliphatic rings. The predicted molar refractivity (Wildman–Crippen MR) is 133 cm³/mol. The molecular formula is C26H36ClNO4S. The van der Waals surface area contributed by atoms with Crippen molar-refractivity contribution in [2.75, 3.05) is 6.61 Å². The number of aliphatic hydroxyl groups is 2. The SMILES string of the molecule is CCCCCC(O)c1ccc(C2[C@H](O)C[C@@H](Cl)[C@@H]2CCCc2ncc(C(=O)OCC)s2)cc1. The standard InChI is InChI=1S/C26H36ClNO4S/c1-3-5-6-9-21(29)17-11-13-18(14-12-17)25-19(20(27)15-22(25)30)8-7-10-24-28-16-23(33-24)26(31)32-4-2/h11-14,16,19-22,25,29-30H,3-10,15H2,1-2H3/t19-,20+,21?,22+,25?/m0/s1. The van der Waals surface area contributed by atoms with Crippen LogP contribution in [-0.2, 0) is 11.2 Å². The maximum absolute atomic E-state index is 11.8. The maximum atomic E-state index is 11.8. The van der Waals surface area contributed by atoms with E-state index in [0.717, 1.165) is 61.1 Å². The summed E-state index contributed by atoms with van der Waals surface area (Å²) in [6.07, 6.45) is 7.89. The summed E-state index contributed by atoms with van der Waals surface area (Å²) in [5.74, 6) is -0.156. The molecule has 0 spiro atoms. The Kier molecular flexibility index (Phi) is 10.2. The monoisotopic (exact) mass is 493 g/mol. The van der Waals surface area contributed by atoms with Gasteiger partial charge in [0, 0.05) is 11.3 Å². The number of rotatable bonds is 12. The van der Waals surface area contributed by atoms with Gasteiger partial charge in [0.1, 0.15) is 4.88 Å². The van der Waals surface area contributed by atoms with Crippen LogP contribution < -0.4 is 0 Å². The smallest absolute Gasteiger partial charge is 0.349 e. The molecule has 1 heterocycles. The van der Waals surface area contributed by atoms with Gasteiger partial charge in [-0.2, -0.15) is 0 Å². The highest BCUT2D eigenvalue weighted by Gasteiger charge is 2.42. The molecule has 7 heteroatoms. The van der Waals surface area contributed by atoms with Crippen molar-refractivity contribution >= 4 is 28.9 Å². The average molecular weight is 494 g/mol. The van der Waals surface area contributed by atoms with Crippen LogP contribution in [0, 0.1) is 5.92 Å². The summed E-state index contributed by atoms with van der Waals surface area (Å²) in [4.78, 5) is 16.7. The summed E-state index contributed by atoms with van der Waals surface area (Å²) >= 11 is 8.04. The van der Waals surface area contributed by atoms with Gasteiger partial charge in [0.25, 0.3) is 0 Å². The Morgan fingerprint density at radius 3 is 2.70 bits per heavy atom. The number of ether oxygens (including phenoxy) is 1. The number of aromatic nitrogens is 1. The summed E-state index contributed by atoms with van der Waals surface area (Å²) in [5, 5.41) is 22.0. The third kappa shape index (κ3) is 7.01. The summed E-state index contributed by atoms with van der Waals surface area (Å²) in [7, 11) is 0. The number of alkyl halides is 1. The number of carbonyl (C=O) groups excluding carboxylic acids is 1. The molecule has 1 aromatic carbocycles. The highest BCUT2D eigenvalue weighted by molar-refractivity contribution is 7.13. The van der Waals surface area contributed by atoms with Crippen molar-refractivity contribution in [3.8, 4) is 0 Å². The van der Waals surface area contributed by atoms with Crippen molar-refractivity contribution in [2.45, 2.75) is 88.7 Å². The molecule has 0 radical (unpaired) electrons. The zero-order valence-corrected chi connectivity index (χ0v) is 21.2. The van der Waals surface area contributed by atoms with Gasteiger partial charge in [-0.3, -0.25) is 0 Å². The first-order valence-electron chi connectivity index (χ1n) is 12.2. The average Bonchev–Trinajstić information content (AvgIpc) is 3.38. The third-order valence-corrected chi connectivity index (χ3v) is 8.09. The van der Waals surface area contributed by atoms with E-state index in [4.69, 9.17) is 16.3 Å². The number of carbonyl (C=O) groups is 1. The van der Waals surface area contributed by atoms with Gasteiger partial charge in [-0.25, -0.2) is 9.78 Å². The lowest BCUT2D eigenvalue weighted by Crippen LogP contribution is -2.19. The Balaban J connectivity index is 1.58. The van der Waals surface area contributed by atoms with Crippen LogP contribution in [0.5, 0.6) is 0 Å². The highest BCUT2D eigenvalue weighted by Crippen LogP contribution is 2.45. The van der Waals surface area contributed by atoms with E-state index in [1.54, 1.807) is 13.1 Å². The van der Waals surface area contributed by atoms with Crippen LogP contribution in [0.2, 0.25) is 0 Å². The molecular weight excluding hydrogens is 458 g/mol. The molecule has 0 amide bonds. The van der Waals surface area contributed by atoms with Gasteiger partial charge >= 0.3 is 5.97 Å². The second-order valence-corrected chi connectivity index (χ2v) is 10.6. The van der Waals surface area contributed by atoms with Gasteiger partial charge < -0.3 is 14.9 Å². The molecule has 0 bridgehead atoms. The molecule has 1 saturated carbocycles. The minimum Gasteiger partial charge on any atom is -0.462 e. The Bertz CT molecular complexity index is 871. The summed E-state index contributed by atoms with van der Waals surface area (Å²) in [6, 6.07) is 8.06.